The molecule has 0 amide bonds. The lowest BCUT2D eigenvalue weighted by atomic mass is 9.99. The van der Waals surface area contributed by atoms with Gasteiger partial charge < -0.3 is 8.83 Å². The first-order valence-electron chi connectivity index (χ1n) is 13.0. The van der Waals surface area contributed by atoms with Crippen molar-refractivity contribution in [3.05, 3.63) is 115 Å². The van der Waals surface area contributed by atoms with Crippen molar-refractivity contribution < 1.29 is 8.83 Å². The van der Waals surface area contributed by atoms with Crippen LogP contribution in [-0.2, 0) is 6.42 Å². The molecule has 182 valence electrons. The first kappa shape index (κ1) is 20.7. The Balaban J connectivity index is 1.23. The van der Waals surface area contributed by atoms with Crippen molar-refractivity contribution in [1.29, 1.82) is 0 Å². The third-order valence-corrected chi connectivity index (χ3v) is 7.94. The first-order chi connectivity index (χ1) is 19.3. The zero-order chi connectivity index (χ0) is 25.5. The van der Waals surface area contributed by atoms with Crippen molar-refractivity contribution in [1.82, 2.24) is 15.0 Å². The quantitative estimate of drug-likeness (QED) is 0.237. The van der Waals surface area contributed by atoms with Crippen LogP contribution in [-0.4, -0.2) is 15.0 Å². The fourth-order valence-electron chi connectivity index (χ4n) is 6.12. The van der Waals surface area contributed by atoms with E-state index in [9.17, 15) is 0 Å². The maximum absolute atomic E-state index is 6.29. The summed E-state index contributed by atoms with van der Waals surface area (Å²) in [6.07, 6.45) is 6.14. The molecule has 0 aliphatic heterocycles. The van der Waals surface area contributed by atoms with Crippen molar-refractivity contribution in [2.75, 3.05) is 0 Å². The molecule has 9 rings (SSSR count). The second-order valence-electron chi connectivity index (χ2n) is 10.1. The molecular formula is C34H19N3O2. The molecular weight excluding hydrogens is 482 g/mol. The number of furan rings is 2. The number of fused-ring (bicyclic) bond motifs is 9. The van der Waals surface area contributed by atoms with E-state index in [-0.39, 0.29) is 0 Å². The van der Waals surface area contributed by atoms with Gasteiger partial charge in [0, 0.05) is 62.6 Å². The van der Waals surface area contributed by atoms with Crippen molar-refractivity contribution in [2.24, 2.45) is 0 Å². The molecule has 5 heteroatoms. The molecule has 0 saturated heterocycles. The summed E-state index contributed by atoms with van der Waals surface area (Å²) in [4.78, 5) is 13.7. The molecule has 5 nitrogen and oxygen atoms in total. The lowest BCUT2D eigenvalue weighted by Crippen LogP contribution is -1.94. The fourth-order valence-corrected chi connectivity index (χ4v) is 6.12. The van der Waals surface area contributed by atoms with Crippen molar-refractivity contribution in [3.8, 4) is 33.6 Å². The monoisotopic (exact) mass is 501 g/mol. The smallest absolute Gasteiger partial charge is 0.143 e. The number of nitrogens with zero attached hydrogens (tertiary/aromatic N) is 3. The van der Waals surface area contributed by atoms with E-state index in [2.05, 4.69) is 76.7 Å². The molecule has 0 radical (unpaired) electrons. The molecule has 0 atom stereocenters. The Morgan fingerprint density at radius 1 is 0.590 bits per heavy atom. The Bertz CT molecular complexity index is 2280. The van der Waals surface area contributed by atoms with Crippen molar-refractivity contribution in [2.45, 2.75) is 6.42 Å². The van der Waals surface area contributed by atoms with Gasteiger partial charge in [-0.2, -0.15) is 0 Å². The highest BCUT2D eigenvalue weighted by Crippen LogP contribution is 2.42. The summed E-state index contributed by atoms with van der Waals surface area (Å²) < 4.78 is 12.5. The Labute approximate surface area is 222 Å². The number of para-hydroxylation sites is 1. The van der Waals surface area contributed by atoms with Crippen LogP contribution < -0.4 is 0 Å². The molecule has 0 N–H and O–H groups in total. The summed E-state index contributed by atoms with van der Waals surface area (Å²) in [6, 6.07) is 29.3. The average molecular weight is 502 g/mol. The number of pyridine rings is 1. The minimum Gasteiger partial charge on any atom is -0.456 e. The highest BCUT2D eigenvalue weighted by molar-refractivity contribution is 6.11. The lowest BCUT2D eigenvalue weighted by molar-refractivity contribution is 0.668. The van der Waals surface area contributed by atoms with Gasteiger partial charge in [0.05, 0.1) is 11.4 Å². The maximum atomic E-state index is 6.29. The van der Waals surface area contributed by atoms with E-state index in [1.54, 1.807) is 12.5 Å². The number of hydrogen-bond acceptors (Lipinski definition) is 5. The van der Waals surface area contributed by atoms with Gasteiger partial charge in [-0.15, -0.1) is 0 Å². The van der Waals surface area contributed by atoms with E-state index in [4.69, 9.17) is 13.8 Å². The van der Waals surface area contributed by atoms with Crippen LogP contribution in [0, 0.1) is 0 Å². The van der Waals surface area contributed by atoms with Crippen LogP contribution in [0.4, 0.5) is 0 Å². The zero-order valence-electron chi connectivity index (χ0n) is 20.7. The summed E-state index contributed by atoms with van der Waals surface area (Å²) >= 11 is 0. The van der Waals surface area contributed by atoms with Gasteiger partial charge in [0.2, 0.25) is 0 Å². The molecule has 0 saturated carbocycles. The van der Waals surface area contributed by atoms with Crippen LogP contribution in [0.25, 0.3) is 77.5 Å². The van der Waals surface area contributed by atoms with Crippen LogP contribution in [0.15, 0.2) is 112 Å². The van der Waals surface area contributed by atoms with Gasteiger partial charge in [0.25, 0.3) is 0 Å². The molecule has 0 fully saturated rings. The lowest BCUT2D eigenvalue weighted by Gasteiger charge is -2.07. The Morgan fingerprint density at radius 2 is 1.36 bits per heavy atom. The van der Waals surface area contributed by atoms with Gasteiger partial charge in [-0.1, -0.05) is 48.5 Å². The summed E-state index contributed by atoms with van der Waals surface area (Å²) in [7, 11) is 0. The van der Waals surface area contributed by atoms with Gasteiger partial charge >= 0.3 is 0 Å². The second-order valence-corrected chi connectivity index (χ2v) is 10.1. The Kier molecular flexibility index (Phi) is 4.05. The number of hydrogen-bond donors (Lipinski definition) is 0. The van der Waals surface area contributed by atoms with Crippen molar-refractivity contribution in [3.63, 3.8) is 0 Å². The van der Waals surface area contributed by atoms with E-state index >= 15 is 0 Å². The number of benzene rings is 4. The fraction of sp³-hybridized carbons (Fsp3) is 0.0294. The van der Waals surface area contributed by atoms with E-state index < -0.39 is 0 Å². The van der Waals surface area contributed by atoms with Gasteiger partial charge in [-0.3, -0.25) is 4.98 Å². The van der Waals surface area contributed by atoms with Gasteiger partial charge in [0.15, 0.2) is 0 Å². The SMILES string of the molecule is c1ccc2c(c1)Cc1c(-c3ccc4oc5ccc(-c6cccc7c6oc6ccncc67)cc5c4c3)ncnc1-2. The predicted octanol–water partition coefficient (Wildman–Crippen LogP) is 8.58. The second kappa shape index (κ2) is 7.62. The molecule has 4 aromatic heterocycles. The van der Waals surface area contributed by atoms with Crippen LogP contribution in [0.2, 0.25) is 0 Å². The molecule has 0 bridgehead atoms. The van der Waals surface area contributed by atoms with E-state index in [0.717, 1.165) is 78.4 Å². The largest absolute Gasteiger partial charge is 0.456 e. The van der Waals surface area contributed by atoms with E-state index in [0.29, 0.717) is 0 Å². The van der Waals surface area contributed by atoms with E-state index in [1.807, 2.05) is 24.4 Å². The number of aromatic nitrogens is 3. The highest BCUT2D eigenvalue weighted by atomic mass is 16.3. The van der Waals surface area contributed by atoms with Crippen LogP contribution in [0.3, 0.4) is 0 Å². The van der Waals surface area contributed by atoms with Crippen molar-refractivity contribution >= 4 is 43.9 Å². The maximum Gasteiger partial charge on any atom is 0.143 e. The van der Waals surface area contributed by atoms with Crippen LogP contribution >= 0.6 is 0 Å². The topological polar surface area (TPSA) is 65.0 Å². The molecule has 4 aromatic carbocycles. The molecule has 1 aliphatic carbocycles. The van der Waals surface area contributed by atoms with Gasteiger partial charge in [-0.25, -0.2) is 9.97 Å². The molecule has 39 heavy (non-hydrogen) atoms. The van der Waals surface area contributed by atoms with Crippen LogP contribution in [0.1, 0.15) is 11.1 Å². The summed E-state index contributed by atoms with van der Waals surface area (Å²) in [5.41, 5.74) is 12.3. The normalized spacial score (nSPS) is 12.5. The van der Waals surface area contributed by atoms with Gasteiger partial charge in [0.1, 0.15) is 28.7 Å². The Hall–Kier alpha value is -5.29. The molecule has 0 unspecified atom stereocenters. The third kappa shape index (κ3) is 2.92. The summed E-state index contributed by atoms with van der Waals surface area (Å²) in [5.74, 6) is 0. The standard InChI is InChI=1S/C34H19N3O2/c1-2-5-22-19(4-1)15-27-32(36-18-37-33(22)27)21-9-11-30-26(16-21)25-14-20(8-10-29(25)38-30)23-6-3-7-24-28-17-35-13-12-31(28)39-34(23)24/h1-14,16-18H,15H2. The predicted molar refractivity (Wildman–Crippen MR) is 153 cm³/mol. The highest BCUT2D eigenvalue weighted by Gasteiger charge is 2.24. The molecule has 4 heterocycles. The number of rotatable bonds is 2. The molecule has 1 aliphatic rings. The van der Waals surface area contributed by atoms with Crippen LogP contribution in [0.5, 0.6) is 0 Å². The average Bonchev–Trinajstić information content (AvgIpc) is 3.67. The summed E-state index contributed by atoms with van der Waals surface area (Å²) in [6.45, 7) is 0. The minimum absolute atomic E-state index is 0.839. The van der Waals surface area contributed by atoms with Gasteiger partial charge in [-0.05, 0) is 47.5 Å². The van der Waals surface area contributed by atoms with E-state index in [1.165, 1.54) is 16.7 Å². The molecule has 0 spiro atoms. The first-order valence-corrected chi connectivity index (χ1v) is 13.0. The zero-order valence-corrected chi connectivity index (χ0v) is 20.7. The minimum atomic E-state index is 0.839. The Morgan fingerprint density at radius 3 is 2.28 bits per heavy atom. The third-order valence-electron chi connectivity index (χ3n) is 7.94. The summed E-state index contributed by atoms with van der Waals surface area (Å²) in [5, 5.41) is 4.21. The molecule has 8 aromatic rings.